The molecule has 0 atom stereocenters. The largest absolute Gasteiger partial charge is 0.444 e. The summed E-state index contributed by atoms with van der Waals surface area (Å²) < 4.78 is 45.9. The first-order chi connectivity index (χ1) is 18.8. The zero-order chi connectivity index (χ0) is 28.9. The van der Waals surface area contributed by atoms with Gasteiger partial charge in [0, 0.05) is 36.0 Å². The van der Waals surface area contributed by atoms with Gasteiger partial charge in [0.1, 0.15) is 11.1 Å². The van der Waals surface area contributed by atoms with E-state index in [1.807, 2.05) is 29.2 Å². The van der Waals surface area contributed by atoms with Crippen molar-refractivity contribution in [3.8, 4) is 0 Å². The van der Waals surface area contributed by atoms with Crippen molar-refractivity contribution in [3.63, 3.8) is 0 Å². The summed E-state index contributed by atoms with van der Waals surface area (Å²) in [4.78, 5) is 44.8. The Morgan fingerprint density at radius 3 is 2.30 bits per heavy atom. The van der Waals surface area contributed by atoms with Crippen molar-refractivity contribution in [2.75, 3.05) is 31.1 Å². The molecule has 12 heteroatoms. The van der Waals surface area contributed by atoms with Crippen molar-refractivity contribution >= 4 is 41.2 Å². The van der Waals surface area contributed by atoms with Crippen molar-refractivity contribution in [1.29, 1.82) is 0 Å². The quantitative estimate of drug-likeness (QED) is 0.449. The lowest BCUT2D eigenvalue weighted by atomic mass is 9.87. The number of piperidine rings is 1. The summed E-state index contributed by atoms with van der Waals surface area (Å²) in [6.07, 6.45) is -4.02. The highest BCUT2D eigenvalue weighted by Crippen LogP contribution is 2.49. The maximum Gasteiger partial charge on any atom is 0.416 e. The molecule has 0 unspecified atom stereocenters. The number of halogens is 3. The number of anilines is 2. The summed E-state index contributed by atoms with van der Waals surface area (Å²) in [6.45, 7) is 6.31. The topological polar surface area (TPSA) is 82.2 Å². The van der Waals surface area contributed by atoms with Crippen LogP contribution in [-0.2, 0) is 15.7 Å². The molecule has 3 heterocycles. The first-order valence-corrected chi connectivity index (χ1v) is 14.0. The number of imide groups is 1. The summed E-state index contributed by atoms with van der Waals surface area (Å²) in [6, 6.07) is 10.7. The first-order valence-electron chi connectivity index (χ1n) is 13.2. The lowest BCUT2D eigenvalue weighted by molar-refractivity contribution is -0.137. The molecule has 3 aliphatic rings. The fourth-order valence-corrected chi connectivity index (χ4v) is 6.33. The van der Waals surface area contributed by atoms with Crippen LogP contribution in [-0.4, -0.2) is 65.2 Å². The average Bonchev–Trinajstić information content (AvgIpc) is 3.10. The lowest BCUT2D eigenvalue weighted by Crippen LogP contribution is -2.56. The third-order valence-electron chi connectivity index (χ3n) is 7.23. The van der Waals surface area contributed by atoms with E-state index in [9.17, 15) is 27.6 Å². The summed E-state index contributed by atoms with van der Waals surface area (Å²) in [7, 11) is 0. The Hall–Kier alpha value is -3.41. The van der Waals surface area contributed by atoms with Crippen LogP contribution in [0.1, 0.15) is 45.6 Å². The molecule has 4 amide bonds. The Labute approximate surface area is 234 Å². The molecule has 1 spiro atoms. The fraction of sp³-hybridized carbons (Fsp3) is 0.464. The molecule has 2 aromatic carbocycles. The second-order valence-electron chi connectivity index (χ2n) is 11.2. The van der Waals surface area contributed by atoms with Crippen LogP contribution in [0.25, 0.3) is 0 Å². The molecule has 1 N–H and O–H groups in total. The number of para-hydroxylation sites is 1. The summed E-state index contributed by atoms with van der Waals surface area (Å²) in [5.41, 5.74) is -1.21. The minimum absolute atomic E-state index is 0.113. The van der Waals surface area contributed by atoms with E-state index in [0.29, 0.717) is 23.5 Å². The van der Waals surface area contributed by atoms with Crippen LogP contribution >= 0.6 is 11.8 Å². The van der Waals surface area contributed by atoms with E-state index in [1.54, 1.807) is 20.8 Å². The molecule has 0 radical (unpaired) electrons. The van der Waals surface area contributed by atoms with Crippen molar-refractivity contribution < 1.29 is 32.3 Å². The number of nitrogens with one attached hydrogen (secondary N) is 1. The van der Waals surface area contributed by atoms with Gasteiger partial charge in [-0.1, -0.05) is 23.9 Å². The highest BCUT2D eigenvalue weighted by Gasteiger charge is 2.52. The Balaban J connectivity index is 1.26. The van der Waals surface area contributed by atoms with Crippen LogP contribution in [0.15, 0.2) is 52.3 Å². The van der Waals surface area contributed by atoms with Crippen molar-refractivity contribution in [2.24, 2.45) is 0 Å². The number of hydrogen-bond donors (Lipinski definition) is 1. The average molecular weight is 577 g/mol. The van der Waals surface area contributed by atoms with Gasteiger partial charge in [-0.25, -0.2) is 9.59 Å². The predicted molar refractivity (Wildman–Crippen MR) is 144 cm³/mol. The van der Waals surface area contributed by atoms with Gasteiger partial charge in [0.25, 0.3) is 5.91 Å². The molecule has 0 bridgehead atoms. The van der Waals surface area contributed by atoms with E-state index in [0.717, 1.165) is 22.7 Å². The second kappa shape index (κ2) is 10.2. The molecule has 3 aliphatic heterocycles. The lowest BCUT2D eigenvalue weighted by Gasteiger charge is -2.37. The molecule has 8 nitrogen and oxygen atoms in total. The maximum atomic E-state index is 13.5. The monoisotopic (exact) mass is 576 g/mol. The van der Waals surface area contributed by atoms with E-state index in [2.05, 4.69) is 5.32 Å². The number of alkyl halides is 3. The van der Waals surface area contributed by atoms with Gasteiger partial charge in [-0.05, 0) is 70.4 Å². The number of carbonyl (C=O) groups excluding carboxylic acids is 3. The number of carbonyl (C=O) groups is 3. The number of fused-ring (bicyclic) bond motifs is 2. The van der Waals surface area contributed by atoms with E-state index in [1.165, 1.54) is 27.6 Å². The molecule has 0 aliphatic carbocycles. The maximum absolute atomic E-state index is 13.5. The van der Waals surface area contributed by atoms with Crippen molar-refractivity contribution in [3.05, 3.63) is 48.0 Å². The molecule has 214 valence electrons. The molecule has 2 saturated heterocycles. The fourth-order valence-electron chi connectivity index (χ4n) is 5.25. The Morgan fingerprint density at radius 2 is 1.62 bits per heavy atom. The van der Waals surface area contributed by atoms with E-state index >= 15 is 0 Å². The SMILES string of the molecule is CC(C)(C)OC(=O)N1CCC2(CC1)NC(=O)N(CCCN1c3ccccc3Sc3ccc(C(F)(F)F)cc31)C2=O. The van der Waals surface area contributed by atoms with E-state index < -0.39 is 35.0 Å². The highest BCUT2D eigenvalue weighted by molar-refractivity contribution is 7.99. The Morgan fingerprint density at radius 1 is 0.975 bits per heavy atom. The number of amides is 4. The number of nitrogens with zero attached hydrogens (tertiary/aromatic N) is 3. The summed E-state index contributed by atoms with van der Waals surface area (Å²) in [5.74, 6) is -0.337. The van der Waals surface area contributed by atoms with Crippen molar-refractivity contribution in [2.45, 2.75) is 67.1 Å². The van der Waals surface area contributed by atoms with Crippen LogP contribution < -0.4 is 10.2 Å². The molecule has 2 fully saturated rings. The van der Waals surface area contributed by atoms with E-state index in [-0.39, 0.29) is 38.4 Å². The smallest absolute Gasteiger partial charge is 0.416 e. The number of benzene rings is 2. The van der Waals surface area contributed by atoms with Gasteiger partial charge in [0.2, 0.25) is 0 Å². The number of rotatable bonds is 4. The third kappa shape index (κ3) is 5.45. The van der Waals surface area contributed by atoms with Crippen LogP contribution in [0.3, 0.4) is 0 Å². The number of ether oxygens (including phenoxy) is 1. The second-order valence-corrected chi connectivity index (χ2v) is 12.3. The zero-order valence-corrected chi connectivity index (χ0v) is 23.3. The standard InChI is InChI=1S/C28H31F3N4O4S/c1-26(2,3)39-25(38)33-15-11-27(12-16-33)23(36)35(24(37)32-27)14-6-13-34-19-7-4-5-8-21(19)40-22-10-9-18(17-20(22)34)28(29,30)31/h4-5,7-10,17H,6,11-16H2,1-3H3,(H,32,37). The predicted octanol–water partition coefficient (Wildman–Crippen LogP) is 6.02. The molecule has 0 aromatic heterocycles. The molecule has 0 saturated carbocycles. The molecule has 5 rings (SSSR count). The molecular formula is C28H31F3N4O4S. The minimum Gasteiger partial charge on any atom is -0.444 e. The van der Waals surface area contributed by atoms with Gasteiger partial charge in [-0.15, -0.1) is 0 Å². The summed E-state index contributed by atoms with van der Waals surface area (Å²) in [5, 5.41) is 2.84. The van der Waals surface area contributed by atoms with Gasteiger partial charge in [0.15, 0.2) is 0 Å². The number of likely N-dealkylation sites (tertiary alicyclic amines) is 1. The van der Waals surface area contributed by atoms with Gasteiger partial charge < -0.3 is 19.9 Å². The van der Waals surface area contributed by atoms with Crippen LogP contribution in [0, 0.1) is 0 Å². The van der Waals surface area contributed by atoms with Gasteiger partial charge >= 0.3 is 18.3 Å². The van der Waals surface area contributed by atoms with Crippen LogP contribution in [0.4, 0.5) is 34.1 Å². The molecule has 40 heavy (non-hydrogen) atoms. The zero-order valence-electron chi connectivity index (χ0n) is 22.5. The van der Waals surface area contributed by atoms with E-state index in [4.69, 9.17) is 4.74 Å². The van der Waals surface area contributed by atoms with Crippen molar-refractivity contribution in [1.82, 2.24) is 15.1 Å². The van der Waals surface area contributed by atoms with Crippen LogP contribution in [0.5, 0.6) is 0 Å². The minimum atomic E-state index is -4.48. The number of urea groups is 1. The molecular weight excluding hydrogens is 545 g/mol. The van der Waals surface area contributed by atoms with Gasteiger partial charge in [0.05, 0.1) is 16.9 Å². The van der Waals surface area contributed by atoms with Gasteiger partial charge in [-0.2, -0.15) is 13.2 Å². The highest BCUT2D eigenvalue weighted by atomic mass is 32.2. The third-order valence-corrected chi connectivity index (χ3v) is 8.36. The first kappa shape index (κ1) is 28.1. The Kier molecular flexibility index (Phi) is 7.18. The summed E-state index contributed by atoms with van der Waals surface area (Å²) >= 11 is 1.41. The molecule has 2 aromatic rings. The van der Waals surface area contributed by atoms with Gasteiger partial charge in [-0.3, -0.25) is 9.69 Å². The number of hydrogen-bond acceptors (Lipinski definition) is 6. The van der Waals surface area contributed by atoms with Crippen LogP contribution in [0.2, 0.25) is 0 Å². The normalized spacial score (nSPS) is 18.5. The Bertz CT molecular complexity index is 1340.